The summed E-state index contributed by atoms with van der Waals surface area (Å²) in [5.41, 5.74) is 2.04. The number of hydrogen-bond acceptors (Lipinski definition) is 5. The van der Waals surface area contributed by atoms with Crippen LogP contribution in [0, 0.1) is 5.92 Å². The van der Waals surface area contributed by atoms with E-state index in [1.807, 2.05) is 32.0 Å². The van der Waals surface area contributed by atoms with Crippen molar-refractivity contribution in [2.75, 3.05) is 19.8 Å². The second-order valence-electron chi connectivity index (χ2n) is 7.81. The van der Waals surface area contributed by atoms with Crippen molar-refractivity contribution in [2.45, 2.75) is 26.3 Å². The average Bonchev–Trinajstić information content (AvgIpc) is 2.74. The van der Waals surface area contributed by atoms with Crippen molar-refractivity contribution in [3.63, 3.8) is 0 Å². The molecule has 156 valence electrons. The van der Waals surface area contributed by atoms with E-state index in [0.29, 0.717) is 35.8 Å². The third kappa shape index (κ3) is 3.87. The van der Waals surface area contributed by atoms with E-state index >= 15 is 0 Å². The second-order valence-corrected chi connectivity index (χ2v) is 7.81. The number of ether oxygens (including phenoxy) is 2. The van der Waals surface area contributed by atoms with Crippen LogP contribution in [0.5, 0.6) is 11.5 Å². The largest absolute Gasteiger partial charge is 0.486 e. The maximum Gasteiger partial charge on any atom is 0.261 e. The number of rotatable bonds is 5. The van der Waals surface area contributed by atoms with Crippen LogP contribution in [-0.2, 0) is 16.0 Å². The molecule has 7 heteroatoms. The van der Waals surface area contributed by atoms with Gasteiger partial charge in [-0.3, -0.25) is 19.3 Å². The summed E-state index contributed by atoms with van der Waals surface area (Å²) in [5, 5.41) is 2.97. The van der Waals surface area contributed by atoms with Crippen molar-refractivity contribution in [1.82, 2.24) is 10.2 Å². The number of imide groups is 1. The summed E-state index contributed by atoms with van der Waals surface area (Å²) >= 11 is 0. The Morgan fingerprint density at radius 2 is 1.80 bits per heavy atom. The molecule has 0 unspecified atom stereocenters. The van der Waals surface area contributed by atoms with Crippen LogP contribution in [0.4, 0.5) is 0 Å². The van der Waals surface area contributed by atoms with Gasteiger partial charge in [-0.1, -0.05) is 38.1 Å². The Morgan fingerprint density at radius 3 is 2.57 bits per heavy atom. The van der Waals surface area contributed by atoms with Gasteiger partial charge in [-0.25, -0.2) is 0 Å². The zero-order valence-corrected chi connectivity index (χ0v) is 17.0. The maximum atomic E-state index is 12.8. The Labute approximate surface area is 175 Å². The average molecular weight is 408 g/mol. The van der Waals surface area contributed by atoms with E-state index in [4.69, 9.17) is 9.47 Å². The molecule has 2 aliphatic heterocycles. The maximum absolute atomic E-state index is 12.8. The summed E-state index contributed by atoms with van der Waals surface area (Å²) < 4.78 is 11.2. The molecule has 2 heterocycles. The van der Waals surface area contributed by atoms with Crippen molar-refractivity contribution in [2.24, 2.45) is 5.92 Å². The molecule has 3 amide bonds. The predicted octanol–water partition coefficient (Wildman–Crippen LogP) is 2.50. The summed E-state index contributed by atoms with van der Waals surface area (Å²) in [7, 11) is 0. The number of amides is 3. The molecule has 30 heavy (non-hydrogen) atoms. The standard InChI is InChI=1S/C23H24N2O5/c1-14(2)22(16-7-8-18-19(11-16)30-10-9-29-18)24-20(26)13-25-21(27)12-15-5-3-4-6-17(15)23(25)28/h3-8,11,14,22H,9-10,12-13H2,1-2H3,(H,24,26)/t22-/m0/s1. The number of hydrogen-bond donors (Lipinski definition) is 1. The number of carbonyl (C=O) groups excluding carboxylic acids is 3. The summed E-state index contributed by atoms with van der Waals surface area (Å²) in [5.74, 6) is 0.236. The summed E-state index contributed by atoms with van der Waals surface area (Å²) in [6.07, 6.45) is 0.116. The number of carbonyl (C=O) groups is 3. The van der Waals surface area contributed by atoms with Crippen molar-refractivity contribution >= 4 is 17.7 Å². The highest BCUT2D eigenvalue weighted by Gasteiger charge is 2.32. The van der Waals surface area contributed by atoms with Gasteiger partial charge in [0, 0.05) is 5.56 Å². The topological polar surface area (TPSA) is 84.9 Å². The van der Waals surface area contributed by atoms with Crippen LogP contribution < -0.4 is 14.8 Å². The Kier molecular flexibility index (Phi) is 5.44. The summed E-state index contributed by atoms with van der Waals surface area (Å²) in [6.45, 7) is 4.68. The first-order valence-corrected chi connectivity index (χ1v) is 10.1. The normalized spacial score (nSPS) is 16.3. The lowest BCUT2D eigenvalue weighted by atomic mass is 9.95. The van der Waals surface area contributed by atoms with Gasteiger partial charge in [-0.15, -0.1) is 0 Å². The molecule has 7 nitrogen and oxygen atoms in total. The Bertz CT molecular complexity index is 1000. The number of benzene rings is 2. The van der Waals surface area contributed by atoms with Crippen molar-refractivity contribution < 1.29 is 23.9 Å². The first kappa shape index (κ1) is 19.9. The van der Waals surface area contributed by atoms with Crippen LogP contribution in [0.2, 0.25) is 0 Å². The van der Waals surface area contributed by atoms with Crippen LogP contribution in [0.1, 0.15) is 41.4 Å². The highest BCUT2D eigenvalue weighted by molar-refractivity contribution is 6.11. The van der Waals surface area contributed by atoms with Gasteiger partial charge in [0.15, 0.2) is 11.5 Å². The molecule has 0 radical (unpaired) electrons. The number of nitrogens with zero attached hydrogens (tertiary/aromatic N) is 1. The van der Waals surface area contributed by atoms with E-state index in [9.17, 15) is 14.4 Å². The van der Waals surface area contributed by atoms with E-state index in [-0.39, 0.29) is 36.7 Å². The quantitative estimate of drug-likeness (QED) is 0.769. The van der Waals surface area contributed by atoms with E-state index in [1.54, 1.807) is 24.3 Å². The lowest BCUT2D eigenvalue weighted by molar-refractivity contribution is -0.133. The molecule has 1 atom stereocenters. The summed E-state index contributed by atoms with van der Waals surface area (Å²) in [6, 6.07) is 12.3. The second kappa shape index (κ2) is 8.18. The molecule has 0 aromatic heterocycles. The Morgan fingerprint density at radius 1 is 1.07 bits per heavy atom. The van der Waals surface area contributed by atoms with Gasteiger partial charge in [0.2, 0.25) is 11.8 Å². The lowest BCUT2D eigenvalue weighted by Gasteiger charge is -2.29. The molecule has 0 saturated heterocycles. The van der Waals surface area contributed by atoms with Crippen LogP contribution in [-0.4, -0.2) is 42.4 Å². The molecular weight excluding hydrogens is 384 g/mol. The highest BCUT2D eigenvalue weighted by Crippen LogP contribution is 2.34. The van der Waals surface area contributed by atoms with Crippen molar-refractivity contribution in [3.8, 4) is 11.5 Å². The minimum absolute atomic E-state index is 0.0880. The van der Waals surface area contributed by atoms with Gasteiger partial charge < -0.3 is 14.8 Å². The molecule has 0 bridgehead atoms. The fourth-order valence-electron chi connectivity index (χ4n) is 3.81. The molecule has 0 fully saturated rings. The minimum Gasteiger partial charge on any atom is -0.486 e. The fourth-order valence-corrected chi connectivity index (χ4v) is 3.81. The molecule has 2 aromatic rings. The first-order valence-electron chi connectivity index (χ1n) is 10.1. The van der Waals surface area contributed by atoms with Gasteiger partial charge in [-0.05, 0) is 35.2 Å². The third-order valence-electron chi connectivity index (χ3n) is 5.35. The van der Waals surface area contributed by atoms with E-state index < -0.39 is 5.91 Å². The number of nitrogens with one attached hydrogen (secondary N) is 1. The van der Waals surface area contributed by atoms with E-state index in [0.717, 1.165) is 10.5 Å². The minimum atomic E-state index is -0.433. The highest BCUT2D eigenvalue weighted by atomic mass is 16.6. The Balaban J connectivity index is 1.49. The van der Waals surface area contributed by atoms with Crippen LogP contribution >= 0.6 is 0 Å². The van der Waals surface area contributed by atoms with Crippen molar-refractivity contribution in [1.29, 1.82) is 0 Å². The van der Waals surface area contributed by atoms with Gasteiger partial charge in [0.25, 0.3) is 5.91 Å². The zero-order valence-electron chi connectivity index (χ0n) is 17.0. The third-order valence-corrected chi connectivity index (χ3v) is 5.35. The molecule has 2 aromatic carbocycles. The first-order chi connectivity index (χ1) is 14.4. The molecule has 1 N–H and O–H groups in total. The van der Waals surface area contributed by atoms with Crippen LogP contribution in [0.3, 0.4) is 0 Å². The smallest absolute Gasteiger partial charge is 0.261 e. The molecule has 2 aliphatic rings. The summed E-state index contributed by atoms with van der Waals surface area (Å²) in [4.78, 5) is 39.0. The van der Waals surface area contributed by atoms with Gasteiger partial charge in [-0.2, -0.15) is 0 Å². The molecular formula is C23H24N2O5. The lowest BCUT2D eigenvalue weighted by Crippen LogP contribution is -2.48. The monoisotopic (exact) mass is 408 g/mol. The molecule has 0 spiro atoms. The Hall–Kier alpha value is -3.35. The predicted molar refractivity (Wildman–Crippen MR) is 109 cm³/mol. The van der Waals surface area contributed by atoms with E-state index in [1.165, 1.54) is 0 Å². The van der Waals surface area contributed by atoms with Crippen LogP contribution in [0.15, 0.2) is 42.5 Å². The van der Waals surface area contributed by atoms with Crippen molar-refractivity contribution in [3.05, 3.63) is 59.2 Å². The molecule has 0 saturated carbocycles. The fraction of sp³-hybridized carbons (Fsp3) is 0.348. The number of fused-ring (bicyclic) bond motifs is 2. The van der Waals surface area contributed by atoms with Gasteiger partial charge >= 0.3 is 0 Å². The molecule has 0 aliphatic carbocycles. The van der Waals surface area contributed by atoms with E-state index in [2.05, 4.69) is 5.32 Å². The zero-order chi connectivity index (χ0) is 21.3. The SMILES string of the molecule is CC(C)[C@H](NC(=O)CN1C(=O)Cc2ccccc2C1=O)c1ccc2c(c1)OCCO2. The van der Waals surface area contributed by atoms with Gasteiger partial charge in [0.05, 0.1) is 12.5 Å². The van der Waals surface area contributed by atoms with Gasteiger partial charge in [0.1, 0.15) is 19.8 Å². The van der Waals surface area contributed by atoms with Crippen LogP contribution in [0.25, 0.3) is 0 Å². The molecule has 4 rings (SSSR count).